The van der Waals surface area contributed by atoms with E-state index in [4.69, 9.17) is 9.47 Å². The fourth-order valence-electron chi connectivity index (χ4n) is 2.12. The van der Waals surface area contributed by atoms with Crippen molar-refractivity contribution < 1.29 is 26.3 Å². The average Bonchev–Trinajstić information content (AvgIpc) is 2.59. The number of hydrogen-bond donors (Lipinski definition) is 1. The maximum atomic E-state index is 12.4. The summed E-state index contributed by atoms with van der Waals surface area (Å²) >= 11 is 0. The van der Waals surface area contributed by atoms with Crippen LogP contribution in [0.5, 0.6) is 11.5 Å². The SMILES string of the molecule is COc1ccc(CNS(=O)(=O)c2ccc(S(C)(=O)=O)cc2)c(OC)c1. The van der Waals surface area contributed by atoms with Gasteiger partial charge in [0.1, 0.15) is 11.5 Å². The lowest BCUT2D eigenvalue weighted by Crippen LogP contribution is -2.23. The molecule has 7 nitrogen and oxygen atoms in total. The lowest BCUT2D eigenvalue weighted by molar-refractivity contribution is 0.390. The van der Waals surface area contributed by atoms with E-state index in [0.29, 0.717) is 17.1 Å². The van der Waals surface area contributed by atoms with E-state index in [-0.39, 0.29) is 16.3 Å². The van der Waals surface area contributed by atoms with Crippen LogP contribution in [-0.2, 0) is 26.4 Å². The van der Waals surface area contributed by atoms with Gasteiger partial charge in [-0.3, -0.25) is 0 Å². The molecule has 0 aliphatic rings. The van der Waals surface area contributed by atoms with Gasteiger partial charge in [-0.25, -0.2) is 21.6 Å². The first kappa shape index (κ1) is 19.2. The summed E-state index contributed by atoms with van der Waals surface area (Å²) in [7, 11) is -4.16. The molecule has 25 heavy (non-hydrogen) atoms. The van der Waals surface area contributed by atoms with Crippen molar-refractivity contribution in [2.75, 3.05) is 20.5 Å². The fraction of sp³-hybridized carbons (Fsp3) is 0.250. The standard InChI is InChI=1S/C16H19NO6S2/c1-22-13-5-4-12(16(10-13)23-2)11-17-25(20,21)15-8-6-14(7-9-15)24(3,18)19/h4-10,17H,11H2,1-3H3. The zero-order valence-corrected chi connectivity index (χ0v) is 15.6. The van der Waals surface area contributed by atoms with Crippen LogP contribution in [0.25, 0.3) is 0 Å². The Hall–Kier alpha value is -2.10. The average molecular weight is 385 g/mol. The fourth-order valence-corrected chi connectivity index (χ4v) is 3.76. The summed E-state index contributed by atoms with van der Waals surface area (Å²) < 4.78 is 60.4. The molecule has 2 rings (SSSR count). The zero-order chi connectivity index (χ0) is 18.7. The second-order valence-corrected chi connectivity index (χ2v) is 9.03. The Labute approximate surface area is 147 Å². The third-order valence-electron chi connectivity index (χ3n) is 3.51. The highest BCUT2D eigenvalue weighted by Crippen LogP contribution is 2.25. The first-order valence-corrected chi connectivity index (χ1v) is 10.6. The second-order valence-electron chi connectivity index (χ2n) is 5.25. The van der Waals surface area contributed by atoms with E-state index in [1.54, 1.807) is 18.2 Å². The minimum Gasteiger partial charge on any atom is -0.497 e. The topological polar surface area (TPSA) is 98.8 Å². The lowest BCUT2D eigenvalue weighted by atomic mass is 10.2. The van der Waals surface area contributed by atoms with E-state index < -0.39 is 19.9 Å². The van der Waals surface area contributed by atoms with Crippen molar-refractivity contribution >= 4 is 19.9 Å². The predicted molar refractivity (Wildman–Crippen MR) is 93.1 cm³/mol. The monoisotopic (exact) mass is 385 g/mol. The number of sulfonamides is 1. The van der Waals surface area contributed by atoms with Crippen molar-refractivity contribution in [1.29, 1.82) is 0 Å². The van der Waals surface area contributed by atoms with Gasteiger partial charge >= 0.3 is 0 Å². The summed E-state index contributed by atoms with van der Waals surface area (Å²) in [5.74, 6) is 1.09. The van der Waals surface area contributed by atoms with E-state index in [1.807, 2.05) is 0 Å². The first-order chi connectivity index (χ1) is 11.7. The minimum atomic E-state index is -3.79. The van der Waals surface area contributed by atoms with Gasteiger partial charge in [-0.2, -0.15) is 0 Å². The molecule has 1 N–H and O–H groups in total. The van der Waals surface area contributed by atoms with Gasteiger partial charge in [0.2, 0.25) is 10.0 Å². The number of benzene rings is 2. The van der Waals surface area contributed by atoms with Gasteiger partial charge in [0, 0.05) is 24.4 Å². The number of sulfone groups is 1. The Morgan fingerprint density at radius 3 is 2.00 bits per heavy atom. The minimum absolute atomic E-state index is 0.0172. The van der Waals surface area contributed by atoms with Gasteiger partial charge in [-0.1, -0.05) is 6.07 Å². The zero-order valence-electron chi connectivity index (χ0n) is 14.0. The normalized spacial score (nSPS) is 12.0. The summed E-state index contributed by atoms with van der Waals surface area (Å²) in [5, 5.41) is 0. The smallest absolute Gasteiger partial charge is 0.240 e. The maximum Gasteiger partial charge on any atom is 0.240 e. The van der Waals surface area contributed by atoms with Crippen molar-refractivity contribution in [3.05, 3.63) is 48.0 Å². The molecule has 0 aliphatic carbocycles. The summed E-state index contributed by atoms with van der Waals surface area (Å²) in [6, 6.07) is 10.1. The van der Waals surface area contributed by atoms with Crippen LogP contribution in [0.2, 0.25) is 0 Å². The number of hydrogen-bond acceptors (Lipinski definition) is 6. The molecule has 136 valence electrons. The third-order valence-corrected chi connectivity index (χ3v) is 6.05. The third kappa shape index (κ3) is 4.71. The molecular weight excluding hydrogens is 366 g/mol. The van der Waals surface area contributed by atoms with Crippen molar-refractivity contribution in [3.8, 4) is 11.5 Å². The maximum absolute atomic E-state index is 12.4. The van der Waals surface area contributed by atoms with E-state index >= 15 is 0 Å². The molecule has 9 heteroatoms. The molecule has 0 fully saturated rings. The predicted octanol–water partition coefficient (Wildman–Crippen LogP) is 1.59. The molecule has 0 saturated heterocycles. The van der Waals surface area contributed by atoms with Crippen molar-refractivity contribution in [2.24, 2.45) is 0 Å². The number of nitrogens with one attached hydrogen (secondary N) is 1. The van der Waals surface area contributed by atoms with Crippen molar-refractivity contribution in [2.45, 2.75) is 16.3 Å². The quantitative estimate of drug-likeness (QED) is 0.777. The molecule has 2 aromatic carbocycles. The number of methoxy groups -OCH3 is 2. The Morgan fingerprint density at radius 2 is 1.48 bits per heavy atom. The van der Waals surface area contributed by atoms with Gasteiger partial charge in [-0.05, 0) is 30.3 Å². The van der Waals surface area contributed by atoms with Crippen LogP contribution in [0.15, 0.2) is 52.3 Å². The molecule has 0 aliphatic heterocycles. The summed E-state index contributed by atoms with van der Waals surface area (Å²) in [4.78, 5) is 0.0376. The van der Waals surface area contributed by atoms with Gasteiger partial charge in [0.25, 0.3) is 0 Å². The molecule has 0 atom stereocenters. The Bertz CT molecular complexity index is 951. The highest BCUT2D eigenvalue weighted by atomic mass is 32.2. The molecule has 0 bridgehead atoms. The molecule has 0 unspecified atom stereocenters. The molecule has 0 saturated carbocycles. The van der Waals surface area contributed by atoms with Gasteiger partial charge in [0.15, 0.2) is 9.84 Å². The molecule has 0 amide bonds. The van der Waals surface area contributed by atoms with Crippen molar-refractivity contribution in [1.82, 2.24) is 4.72 Å². The number of ether oxygens (including phenoxy) is 2. The van der Waals surface area contributed by atoms with Crippen LogP contribution < -0.4 is 14.2 Å². The first-order valence-electron chi connectivity index (χ1n) is 7.18. The number of rotatable bonds is 7. The lowest BCUT2D eigenvalue weighted by Gasteiger charge is -2.12. The Kier molecular flexibility index (Phi) is 5.71. The van der Waals surface area contributed by atoms with Crippen LogP contribution in [0, 0.1) is 0 Å². The Balaban J connectivity index is 2.19. The van der Waals surface area contributed by atoms with E-state index in [0.717, 1.165) is 6.26 Å². The van der Waals surface area contributed by atoms with Crippen LogP contribution in [0.3, 0.4) is 0 Å². The van der Waals surface area contributed by atoms with E-state index in [1.165, 1.54) is 38.5 Å². The van der Waals surface area contributed by atoms with Crippen LogP contribution in [0.4, 0.5) is 0 Å². The summed E-state index contributed by atoms with van der Waals surface area (Å²) in [5.41, 5.74) is 0.639. The molecule has 0 spiro atoms. The highest BCUT2D eigenvalue weighted by Gasteiger charge is 2.16. The van der Waals surface area contributed by atoms with Crippen LogP contribution in [-0.4, -0.2) is 37.3 Å². The molecular formula is C16H19NO6S2. The Morgan fingerprint density at radius 1 is 0.880 bits per heavy atom. The van der Waals surface area contributed by atoms with Crippen molar-refractivity contribution in [3.63, 3.8) is 0 Å². The molecule has 0 radical (unpaired) electrons. The van der Waals surface area contributed by atoms with Crippen LogP contribution >= 0.6 is 0 Å². The molecule has 0 aromatic heterocycles. The summed E-state index contributed by atoms with van der Waals surface area (Å²) in [6.45, 7) is 0.0172. The second kappa shape index (κ2) is 7.42. The molecule has 0 heterocycles. The van der Waals surface area contributed by atoms with Gasteiger partial charge in [-0.15, -0.1) is 0 Å². The van der Waals surface area contributed by atoms with E-state index in [2.05, 4.69) is 4.72 Å². The molecule has 2 aromatic rings. The largest absolute Gasteiger partial charge is 0.497 e. The summed E-state index contributed by atoms with van der Waals surface area (Å²) in [6.07, 6.45) is 1.06. The van der Waals surface area contributed by atoms with Crippen LogP contribution in [0.1, 0.15) is 5.56 Å². The van der Waals surface area contributed by atoms with E-state index in [9.17, 15) is 16.8 Å². The van der Waals surface area contributed by atoms with Gasteiger partial charge < -0.3 is 9.47 Å². The highest BCUT2D eigenvalue weighted by molar-refractivity contribution is 7.90. The van der Waals surface area contributed by atoms with Gasteiger partial charge in [0.05, 0.1) is 24.0 Å².